The SMILES string of the molecule is C#CCOCCCNC(=O)O. The van der Waals surface area contributed by atoms with Crippen LogP contribution in [-0.2, 0) is 4.74 Å². The Balaban J connectivity index is 2.92. The minimum absolute atomic E-state index is 0.285. The van der Waals surface area contributed by atoms with Gasteiger partial charge in [-0.25, -0.2) is 4.79 Å². The Hall–Kier alpha value is -1.21. The number of rotatable bonds is 5. The maximum atomic E-state index is 9.90. The summed E-state index contributed by atoms with van der Waals surface area (Å²) in [5.41, 5.74) is 0. The topological polar surface area (TPSA) is 58.6 Å². The molecule has 0 aromatic heterocycles. The molecular formula is C7H11NO3. The molecule has 4 nitrogen and oxygen atoms in total. The summed E-state index contributed by atoms with van der Waals surface area (Å²) in [5, 5.41) is 10.3. The molecule has 0 aliphatic carbocycles. The van der Waals surface area contributed by atoms with Crippen molar-refractivity contribution in [1.29, 1.82) is 0 Å². The molecule has 0 aromatic carbocycles. The average molecular weight is 157 g/mol. The summed E-state index contributed by atoms with van der Waals surface area (Å²) in [6, 6.07) is 0. The largest absolute Gasteiger partial charge is 0.465 e. The molecule has 0 rings (SSSR count). The van der Waals surface area contributed by atoms with E-state index in [0.29, 0.717) is 19.6 Å². The lowest BCUT2D eigenvalue weighted by molar-refractivity contribution is 0.161. The molecule has 62 valence electrons. The molecule has 2 N–H and O–H groups in total. The zero-order valence-electron chi connectivity index (χ0n) is 6.17. The lowest BCUT2D eigenvalue weighted by Crippen LogP contribution is -2.22. The van der Waals surface area contributed by atoms with Gasteiger partial charge in [0.05, 0.1) is 0 Å². The van der Waals surface area contributed by atoms with Gasteiger partial charge in [0.1, 0.15) is 6.61 Å². The van der Waals surface area contributed by atoms with Crippen LogP contribution in [0.4, 0.5) is 4.79 Å². The van der Waals surface area contributed by atoms with Crippen LogP contribution < -0.4 is 5.32 Å². The Morgan fingerprint density at radius 1 is 1.73 bits per heavy atom. The van der Waals surface area contributed by atoms with E-state index in [1.807, 2.05) is 0 Å². The predicted molar refractivity (Wildman–Crippen MR) is 40.3 cm³/mol. The molecule has 0 aliphatic heterocycles. The van der Waals surface area contributed by atoms with Gasteiger partial charge in [-0.05, 0) is 6.42 Å². The summed E-state index contributed by atoms with van der Waals surface area (Å²) in [7, 11) is 0. The number of nitrogens with one attached hydrogen (secondary N) is 1. The van der Waals surface area contributed by atoms with Gasteiger partial charge in [0.2, 0.25) is 0 Å². The van der Waals surface area contributed by atoms with E-state index in [2.05, 4.69) is 11.2 Å². The Labute approximate surface area is 65.5 Å². The van der Waals surface area contributed by atoms with E-state index in [4.69, 9.17) is 16.3 Å². The predicted octanol–water partition coefficient (Wildman–Crippen LogP) is 0.294. The van der Waals surface area contributed by atoms with Crippen LogP contribution in [0.15, 0.2) is 0 Å². The first-order valence-electron chi connectivity index (χ1n) is 3.25. The van der Waals surface area contributed by atoms with Gasteiger partial charge >= 0.3 is 6.09 Å². The van der Waals surface area contributed by atoms with Crippen LogP contribution in [0.3, 0.4) is 0 Å². The minimum Gasteiger partial charge on any atom is -0.465 e. The normalized spacial score (nSPS) is 8.64. The number of hydrogen-bond acceptors (Lipinski definition) is 2. The lowest BCUT2D eigenvalue weighted by atomic mass is 10.4. The van der Waals surface area contributed by atoms with Crippen LogP contribution in [0.25, 0.3) is 0 Å². The Kier molecular flexibility index (Phi) is 6.14. The number of carbonyl (C=O) groups is 1. The number of carboxylic acid groups (broad SMARTS) is 1. The van der Waals surface area contributed by atoms with Crippen molar-refractivity contribution in [3.63, 3.8) is 0 Å². The lowest BCUT2D eigenvalue weighted by Gasteiger charge is -1.99. The van der Waals surface area contributed by atoms with E-state index >= 15 is 0 Å². The van der Waals surface area contributed by atoms with Gasteiger partial charge in [-0.3, -0.25) is 0 Å². The Morgan fingerprint density at radius 2 is 2.45 bits per heavy atom. The monoisotopic (exact) mass is 157 g/mol. The van der Waals surface area contributed by atoms with Gasteiger partial charge in [0.15, 0.2) is 0 Å². The second-order valence-electron chi connectivity index (χ2n) is 1.84. The van der Waals surface area contributed by atoms with Crippen molar-refractivity contribution >= 4 is 6.09 Å². The molecule has 0 radical (unpaired) electrons. The quantitative estimate of drug-likeness (QED) is 0.445. The fourth-order valence-electron chi connectivity index (χ4n) is 0.501. The summed E-state index contributed by atoms with van der Waals surface area (Å²) in [6.07, 6.45) is 4.54. The zero-order valence-corrected chi connectivity index (χ0v) is 6.17. The average Bonchev–Trinajstić information content (AvgIpc) is 1.96. The van der Waals surface area contributed by atoms with Crippen molar-refractivity contribution in [2.75, 3.05) is 19.8 Å². The fraction of sp³-hybridized carbons (Fsp3) is 0.571. The molecule has 0 saturated carbocycles. The molecule has 0 fully saturated rings. The van der Waals surface area contributed by atoms with Crippen molar-refractivity contribution in [2.45, 2.75) is 6.42 Å². The highest BCUT2D eigenvalue weighted by atomic mass is 16.5. The molecule has 0 saturated heterocycles. The molecule has 0 heterocycles. The third-order valence-corrected chi connectivity index (χ3v) is 0.927. The highest BCUT2D eigenvalue weighted by Gasteiger charge is 1.91. The van der Waals surface area contributed by atoms with Crippen LogP contribution in [0.1, 0.15) is 6.42 Å². The molecule has 0 unspecified atom stereocenters. The molecule has 11 heavy (non-hydrogen) atoms. The van der Waals surface area contributed by atoms with Crippen LogP contribution in [-0.4, -0.2) is 31.0 Å². The van der Waals surface area contributed by atoms with Gasteiger partial charge in [-0.2, -0.15) is 0 Å². The van der Waals surface area contributed by atoms with Gasteiger partial charge in [0.25, 0.3) is 0 Å². The first-order valence-corrected chi connectivity index (χ1v) is 3.25. The summed E-state index contributed by atoms with van der Waals surface area (Å²) >= 11 is 0. The highest BCUT2D eigenvalue weighted by molar-refractivity contribution is 5.64. The summed E-state index contributed by atoms with van der Waals surface area (Å²) in [6.45, 7) is 1.18. The van der Waals surface area contributed by atoms with Gasteiger partial charge in [-0.15, -0.1) is 6.42 Å². The maximum absolute atomic E-state index is 9.90. The standard InChI is InChI=1S/C7H11NO3/c1-2-5-11-6-3-4-8-7(9)10/h1,8H,3-6H2,(H,9,10). The van der Waals surface area contributed by atoms with Gasteiger partial charge in [-0.1, -0.05) is 5.92 Å². The van der Waals surface area contributed by atoms with Crippen LogP contribution in [0.2, 0.25) is 0 Å². The number of terminal acetylenes is 1. The van der Waals surface area contributed by atoms with Crippen molar-refractivity contribution in [1.82, 2.24) is 5.32 Å². The molecule has 0 spiro atoms. The molecule has 0 aliphatic rings. The summed E-state index contributed by atoms with van der Waals surface area (Å²) in [5.74, 6) is 2.31. The summed E-state index contributed by atoms with van der Waals surface area (Å²) in [4.78, 5) is 9.90. The Morgan fingerprint density at radius 3 is 3.00 bits per heavy atom. The van der Waals surface area contributed by atoms with E-state index in [1.165, 1.54) is 0 Å². The zero-order chi connectivity index (χ0) is 8.53. The third kappa shape index (κ3) is 8.79. The maximum Gasteiger partial charge on any atom is 0.404 e. The smallest absolute Gasteiger partial charge is 0.404 e. The van der Waals surface area contributed by atoms with Crippen LogP contribution in [0, 0.1) is 12.3 Å². The molecule has 0 bridgehead atoms. The van der Waals surface area contributed by atoms with Crippen LogP contribution in [0.5, 0.6) is 0 Å². The highest BCUT2D eigenvalue weighted by Crippen LogP contribution is 1.79. The second kappa shape index (κ2) is 6.90. The Bertz CT molecular complexity index is 150. The van der Waals surface area contributed by atoms with E-state index in [-0.39, 0.29) is 6.61 Å². The molecule has 4 heteroatoms. The third-order valence-electron chi connectivity index (χ3n) is 0.927. The molecule has 1 amide bonds. The molecular weight excluding hydrogens is 146 g/mol. The first kappa shape index (κ1) is 9.79. The molecule has 0 atom stereocenters. The number of ether oxygens (including phenoxy) is 1. The van der Waals surface area contributed by atoms with E-state index < -0.39 is 6.09 Å². The fourth-order valence-corrected chi connectivity index (χ4v) is 0.501. The van der Waals surface area contributed by atoms with Crippen molar-refractivity contribution in [2.24, 2.45) is 0 Å². The minimum atomic E-state index is -1.01. The first-order chi connectivity index (χ1) is 5.27. The second-order valence-corrected chi connectivity index (χ2v) is 1.84. The summed E-state index contributed by atoms with van der Waals surface area (Å²) < 4.78 is 4.90. The number of hydrogen-bond donors (Lipinski definition) is 2. The van der Waals surface area contributed by atoms with E-state index in [9.17, 15) is 4.79 Å². The van der Waals surface area contributed by atoms with Crippen molar-refractivity contribution < 1.29 is 14.6 Å². The van der Waals surface area contributed by atoms with E-state index in [0.717, 1.165) is 0 Å². The number of amides is 1. The van der Waals surface area contributed by atoms with Crippen LogP contribution >= 0.6 is 0 Å². The molecule has 0 aromatic rings. The van der Waals surface area contributed by atoms with E-state index in [1.54, 1.807) is 0 Å². The van der Waals surface area contributed by atoms with Crippen molar-refractivity contribution in [3.8, 4) is 12.3 Å². The van der Waals surface area contributed by atoms with Crippen molar-refractivity contribution in [3.05, 3.63) is 0 Å². The van der Waals surface area contributed by atoms with Gasteiger partial charge in [0, 0.05) is 13.2 Å². The van der Waals surface area contributed by atoms with Gasteiger partial charge < -0.3 is 15.2 Å².